The Kier molecular flexibility index (Phi) is 3.46. The van der Waals surface area contributed by atoms with Gasteiger partial charge in [0.05, 0.1) is 23.1 Å². The Morgan fingerprint density at radius 1 is 1.26 bits per heavy atom. The maximum Gasteiger partial charge on any atom is 0.115 e. The summed E-state index contributed by atoms with van der Waals surface area (Å²) in [6, 6.07) is 2.38. The summed E-state index contributed by atoms with van der Waals surface area (Å²) in [5, 5.41) is 0. The van der Waals surface area contributed by atoms with Crippen LogP contribution in [0.25, 0.3) is 0 Å². The molecule has 0 amide bonds. The number of hydrogen-bond acceptors (Lipinski definition) is 5. The zero-order valence-corrected chi connectivity index (χ0v) is 11.0. The summed E-state index contributed by atoms with van der Waals surface area (Å²) in [6.07, 6.45) is 9.47. The molecule has 0 bridgehead atoms. The van der Waals surface area contributed by atoms with E-state index in [9.17, 15) is 0 Å². The van der Waals surface area contributed by atoms with Gasteiger partial charge in [0, 0.05) is 25.1 Å². The minimum atomic E-state index is 0.381. The van der Waals surface area contributed by atoms with Crippen molar-refractivity contribution < 1.29 is 0 Å². The third-order valence-electron chi connectivity index (χ3n) is 3.51. The molecule has 5 nitrogen and oxygen atoms in total. The van der Waals surface area contributed by atoms with Crippen LogP contribution in [0.5, 0.6) is 0 Å². The molecule has 5 heteroatoms. The Hall–Kier alpha value is -1.88. The standard InChI is InChI=1S/C14H17N5/c1-11-7-17-12(8-16-11)9-19-6-2-3-14(19)13-4-5-15-10-18-13/h4-5,7-8,10,14H,2-3,6,9H2,1H3. The van der Waals surface area contributed by atoms with Gasteiger partial charge >= 0.3 is 0 Å². The van der Waals surface area contributed by atoms with E-state index < -0.39 is 0 Å². The second kappa shape index (κ2) is 5.40. The van der Waals surface area contributed by atoms with Crippen molar-refractivity contribution in [1.82, 2.24) is 24.8 Å². The van der Waals surface area contributed by atoms with Gasteiger partial charge in [0.15, 0.2) is 0 Å². The molecule has 0 saturated carbocycles. The summed E-state index contributed by atoms with van der Waals surface area (Å²) in [5.74, 6) is 0. The maximum atomic E-state index is 4.43. The fourth-order valence-corrected chi connectivity index (χ4v) is 2.56. The van der Waals surface area contributed by atoms with Crippen LogP contribution in [0, 0.1) is 6.92 Å². The van der Waals surface area contributed by atoms with Crippen LogP contribution in [-0.4, -0.2) is 31.4 Å². The molecule has 19 heavy (non-hydrogen) atoms. The lowest BCUT2D eigenvalue weighted by molar-refractivity contribution is 0.241. The van der Waals surface area contributed by atoms with E-state index in [1.165, 1.54) is 6.42 Å². The van der Waals surface area contributed by atoms with Crippen LogP contribution >= 0.6 is 0 Å². The molecule has 3 rings (SSSR count). The zero-order valence-electron chi connectivity index (χ0n) is 11.0. The number of rotatable bonds is 3. The van der Waals surface area contributed by atoms with Crippen molar-refractivity contribution in [1.29, 1.82) is 0 Å². The summed E-state index contributed by atoms with van der Waals surface area (Å²) in [6.45, 7) is 3.88. The molecule has 0 N–H and O–H groups in total. The number of nitrogens with zero attached hydrogens (tertiary/aromatic N) is 5. The van der Waals surface area contributed by atoms with Crippen molar-refractivity contribution in [2.24, 2.45) is 0 Å². The predicted molar refractivity (Wildman–Crippen MR) is 71.2 cm³/mol. The van der Waals surface area contributed by atoms with Gasteiger partial charge in [0.2, 0.25) is 0 Å². The van der Waals surface area contributed by atoms with Gasteiger partial charge in [-0.1, -0.05) is 0 Å². The smallest absolute Gasteiger partial charge is 0.115 e. The third kappa shape index (κ3) is 2.76. The Morgan fingerprint density at radius 2 is 2.21 bits per heavy atom. The maximum absolute atomic E-state index is 4.43. The van der Waals surface area contributed by atoms with Crippen molar-refractivity contribution >= 4 is 0 Å². The Bertz CT molecular complexity index is 525. The van der Waals surface area contributed by atoms with Crippen molar-refractivity contribution in [3.8, 4) is 0 Å². The fourth-order valence-electron chi connectivity index (χ4n) is 2.56. The van der Waals surface area contributed by atoms with E-state index in [-0.39, 0.29) is 0 Å². The normalized spacial score (nSPS) is 19.7. The summed E-state index contributed by atoms with van der Waals surface area (Å²) in [5.41, 5.74) is 3.08. The van der Waals surface area contributed by atoms with E-state index in [0.29, 0.717) is 6.04 Å². The van der Waals surface area contributed by atoms with Gasteiger partial charge in [0.25, 0.3) is 0 Å². The Balaban J connectivity index is 1.75. The van der Waals surface area contributed by atoms with Gasteiger partial charge < -0.3 is 0 Å². The highest BCUT2D eigenvalue weighted by molar-refractivity contribution is 5.09. The molecular formula is C14H17N5. The highest BCUT2D eigenvalue weighted by Gasteiger charge is 2.27. The molecule has 1 unspecified atom stereocenters. The van der Waals surface area contributed by atoms with Gasteiger partial charge in [-0.15, -0.1) is 0 Å². The van der Waals surface area contributed by atoms with Gasteiger partial charge in [-0.3, -0.25) is 14.9 Å². The van der Waals surface area contributed by atoms with Crippen LogP contribution in [0.2, 0.25) is 0 Å². The molecule has 1 atom stereocenters. The van der Waals surface area contributed by atoms with Crippen molar-refractivity contribution in [2.45, 2.75) is 32.4 Å². The molecule has 1 aliphatic rings. The second-order valence-electron chi connectivity index (χ2n) is 4.91. The summed E-state index contributed by atoms with van der Waals surface area (Å²) < 4.78 is 0. The average Bonchev–Trinajstić information content (AvgIpc) is 2.90. The first kappa shape index (κ1) is 12.2. The molecule has 0 spiro atoms. The fraction of sp³-hybridized carbons (Fsp3) is 0.429. The SMILES string of the molecule is Cc1cnc(CN2CCCC2c2ccncn2)cn1. The number of aryl methyl sites for hydroxylation is 1. The van der Waals surface area contributed by atoms with Gasteiger partial charge in [-0.25, -0.2) is 9.97 Å². The highest BCUT2D eigenvalue weighted by Crippen LogP contribution is 2.31. The van der Waals surface area contributed by atoms with Crippen LogP contribution in [0.1, 0.15) is 36.0 Å². The molecule has 1 aliphatic heterocycles. The minimum absolute atomic E-state index is 0.381. The minimum Gasteiger partial charge on any atom is -0.289 e. The van der Waals surface area contributed by atoms with Gasteiger partial charge in [0.1, 0.15) is 6.33 Å². The van der Waals surface area contributed by atoms with Crippen molar-refractivity contribution in [2.75, 3.05) is 6.54 Å². The van der Waals surface area contributed by atoms with Crippen molar-refractivity contribution in [3.05, 3.63) is 48.1 Å². The van der Waals surface area contributed by atoms with Crippen LogP contribution in [0.15, 0.2) is 31.0 Å². The summed E-state index contributed by atoms with van der Waals surface area (Å²) in [4.78, 5) is 19.5. The molecular weight excluding hydrogens is 238 g/mol. The first-order valence-electron chi connectivity index (χ1n) is 6.60. The summed E-state index contributed by atoms with van der Waals surface area (Å²) in [7, 11) is 0. The monoisotopic (exact) mass is 255 g/mol. The molecule has 98 valence electrons. The van der Waals surface area contributed by atoms with E-state index in [0.717, 1.165) is 36.6 Å². The second-order valence-corrected chi connectivity index (χ2v) is 4.91. The van der Waals surface area contributed by atoms with E-state index >= 15 is 0 Å². The molecule has 0 aliphatic carbocycles. The van der Waals surface area contributed by atoms with Crippen molar-refractivity contribution in [3.63, 3.8) is 0 Å². The topological polar surface area (TPSA) is 54.8 Å². The lowest BCUT2D eigenvalue weighted by Crippen LogP contribution is -2.24. The van der Waals surface area contributed by atoms with Crippen LogP contribution < -0.4 is 0 Å². The highest BCUT2D eigenvalue weighted by atomic mass is 15.2. The first-order chi connectivity index (χ1) is 9.33. The zero-order chi connectivity index (χ0) is 13.1. The van der Waals surface area contributed by atoms with E-state index in [4.69, 9.17) is 0 Å². The lowest BCUT2D eigenvalue weighted by atomic mass is 10.1. The Morgan fingerprint density at radius 3 is 2.95 bits per heavy atom. The number of aromatic nitrogens is 4. The molecule has 2 aromatic heterocycles. The van der Waals surface area contributed by atoms with E-state index in [2.05, 4.69) is 24.8 Å². The van der Waals surface area contributed by atoms with Crippen LogP contribution in [0.3, 0.4) is 0 Å². The van der Waals surface area contributed by atoms with Gasteiger partial charge in [-0.05, 0) is 32.4 Å². The van der Waals surface area contributed by atoms with E-state index in [1.54, 1.807) is 6.33 Å². The number of likely N-dealkylation sites (tertiary alicyclic amines) is 1. The molecule has 3 heterocycles. The molecule has 2 aromatic rings. The van der Waals surface area contributed by atoms with Crippen LogP contribution in [0.4, 0.5) is 0 Å². The quantitative estimate of drug-likeness (QED) is 0.838. The lowest BCUT2D eigenvalue weighted by Gasteiger charge is -2.23. The molecule has 1 saturated heterocycles. The first-order valence-corrected chi connectivity index (χ1v) is 6.60. The van der Waals surface area contributed by atoms with Crippen LogP contribution in [-0.2, 0) is 6.54 Å². The molecule has 0 radical (unpaired) electrons. The predicted octanol–water partition coefficient (Wildman–Crippen LogP) is 1.91. The Labute approximate surface area is 112 Å². The summed E-state index contributed by atoms with van der Waals surface area (Å²) >= 11 is 0. The number of hydrogen-bond donors (Lipinski definition) is 0. The third-order valence-corrected chi connectivity index (χ3v) is 3.51. The molecule has 1 fully saturated rings. The molecule has 0 aromatic carbocycles. The van der Waals surface area contributed by atoms with Gasteiger partial charge in [-0.2, -0.15) is 0 Å². The largest absolute Gasteiger partial charge is 0.289 e. The average molecular weight is 255 g/mol. The van der Waals surface area contributed by atoms with E-state index in [1.807, 2.05) is 31.6 Å².